The Morgan fingerprint density at radius 2 is 1.87 bits per heavy atom. The molecule has 0 aromatic heterocycles. The number of benzene rings is 1. The third-order valence-electron chi connectivity index (χ3n) is 4.44. The fourth-order valence-corrected chi connectivity index (χ4v) is 2.80. The summed E-state index contributed by atoms with van der Waals surface area (Å²) in [6.45, 7) is 7.93. The van der Waals surface area contributed by atoms with Gasteiger partial charge in [0.2, 0.25) is 0 Å². The maximum atomic E-state index is 12.3. The Kier molecular flexibility index (Phi) is 5.19. The SMILES string of the molecule is CCC(C)OC(=O)C1OC1(c1ccc(OC)c(OC)c1)C(C)C. The molecule has 0 amide bonds. The molecule has 5 nitrogen and oxygen atoms in total. The highest BCUT2D eigenvalue weighted by atomic mass is 16.7. The number of methoxy groups -OCH3 is 2. The Morgan fingerprint density at radius 1 is 1.22 bits per heavy atom. The first-order valence-electron chi connectivity index (χ1n) is 8.01. The van der Waals surface area contributed by atoms with Gasteiger partial charge in [-0.25, -0.2) is 4.79 Å². The van der Waals surface area contributed by atoms with Gasteiger partial charge < -0.3 is 18.9 Å². The largest absolute Gasteiger partial charge is 0.493 e. The lowest BCUT2D eigenvalue weighted by Crippen LogP contribution is -2.28. The van der Waals surface area contributed by atoms with Gasteiger partial charge in [0.1, 0.15) is 5.60 Å². The quantitative estimate of drug-likeness (QED) is 0.569. The van der Waals surface area contributed by atoms with Crippen LogP contribution >= 0.6 is 0 Å². The first kappa shape index (κ1) is 17.6. The molecular formula is C18H26O5. The van der Waals surface area contributed by atoms with Gasteiger partial charge >= 0.3 is 5.97 Å². The van der Waals surface area contributed by atoms with Crippen LogP contribution in [-0.4, -0.2) is 32.4 Å². The van der Waals surface area contributed by atoms with Gasteiger partial charge in [0, 0.05) is 0 Å². The zero-order chi connectivity index (χ0) is 17.2. The van der Waals surface area contributed by atoms with Crippen LogP contribution in [0.15, 0.2) is 18.2 Å². The van der Waals surface area contributed by atoms with Crippen molar-refractivity contribution < 1.29 is 23.7 Å². The number of rotatable bonds is 7. The predicted octanol–water partition coefficient (Wildman–Crippen LogP) is 3.30. The molecule has 3 unspecified atom stereocenters. The van der Waals surface area contributed by atoms with Crippen molar-refractivity contribution in [3.63, 3.8) is 0 Å². The number of hydrogen-bond donors (Lipinski definition) is 0. The number of ether oxygens (including phenoxy) is 4. The van der Waals surface area contributed by atoms with Crippen molar-refractivity contribution in [2.75, 3.05) is 14.2 Å². The van der Waals surface area contributed by atoms with Crippen molar-refractivity contribution in [3.8, 4) is 11.5 Å². The lowest BCUT2D eigenvalue weighted by atomic mass is 9.85. The molecule has 1 aliphatic rings. The molecule has 0 saturated carbocycles. The van der Waals surface area contributed by atoms with E-state index in [4.69, 9.17) is 18.9 Å². The zero-order valence-corrected chi connectivity index (χ0v) is 14.7. The van der Waals surface area contributed by atoms with Gasteiger partial charge in [0.15, 0.2) is 17.6 Å². The molecule has 5 heteroatoms. The van der Waals surface area contributed by atoms with Crippen molar-refractivity contribution >= 4 is 5.97 Å². The van der Waals surface area contributed by atoms with Crippen LogP contribution in [0.25, 0.3) is 0 Å². The number of carbonyl (C=O) groups excluding carboxylic acids is 1. The summed E-state index contributed by atoms with van der Waals surface area (Å²) in [6, 6.07) is 5.62. The topological polar surface area (TPSA) is 57.3 Å². The second-order valence-corrected chi connectivity index (χ2v) is 6.17. The van der Waals surface area contributed by atoms with Crippen molar-refractivity contribution in [3.05, 3.63) is 23.8 Å². The van der Waals surface area contributed by atoms with Gasteiger partial charge in [-0.2, -0.15) is 0 Å². The molecule has 0 radical (unpaired) electrons. The van der Waals surface area contributed by atoms with E-state index in [-0.39, 0.29) is 18.0 Å². The van der Waals surface area contributed by atoms with Crippen LogP contribution in [0.2, 0.25) is 0 Å². The van der Waals surface area contributed by atoms with E-state index in [0.717, 1.165) is 12.0 Å². The summed E-state index contributed by atoms with van der Waals surface area (Å²) in [5, 5.41) is 0. The summed E-state index contributed by atoms with van der Waals surface area (Å²) in [4.78, 5) is 12.3. The van der Waals surface area contributed by atoms with E-state index in [1.54, 1.807) is 14.2 Å². The Bertz CT molecular complexity index is 569. The second-order valence-electron chi connectivity index (χ2n) is 6.17. The van der Waals surface area contributed by atoms with Crippen LogP contribution in [0, 0.1) is 5.92 Å². The molecular weight excluding hydrogens is 296 g/mol. The molecule has 1 fully saturated rings. The Labute approximate surface area is 137 Å². The maximum absolute atomic E-state index is 12.3. The monoisotopic (exact) mass is 322 g/mol. The van der Waals surface area contributed by atoms with Crippen LogP contribution in [-0.2, 0) is 19.9 Å². The molecule has 1 saturated heterocycles. The van der Waals surface area contributed by atoms with E-state index >= 15 is 0 Å². The molecule has 0 bridgehead atoms. The van der Waals surface area contributed by atoms with Crippen LogP contribution in [0.3, 0.4) is 0 Å². The molecule has 23 heavy (non-hydrogen) atoms. The number of hydrogen-bond acceptors (Lipinski definition) is 5. The normalized spacial score (nSPS) is 24.2. The van der Waals surface area contributed by atoms with Gasteiger partial charge in [0.05, 0.1) is 20.3 Å². The molecule has 1 aromatic carbocycles. The molecule has 1 aliphatic heterocycles. The summed E-state index contributed by atoms with van der Waals surface area (Å²) < 4.78 is 21.9. The summed E-state index contributed by atoms with van der Waals surface area (Å²) in [7, 11) is 3.18. The van der Waals surface area contributed by atoms with E-state index in [1.807, 2.05) is 45.9 Å². The predicted molar refractivity (Wildman–Crippen MR) is 86.8 cm³/mol. The first-order chi connectivity index (χ1) is 10.9. The molecule has 1 aromatic rings. The summed E-state index contributed by atoms with van der Waals surface area (Å²) in [5.74, 6) is 1.09. The van der Waals surface area contributed by atoms with Crippen molar-refractivity contribution in [1.82, 2.24) is 0 Å². The summed E-state index contributed by atoms with van der Waals surface area (Å²) in [6.07, 6.45) is 0.0975. The summed E-state index contributed by atoms with van der Waals surface area (Å²) in [5.41, 5.74) is 0.237. The number of carbonyl (C=O) groups is 1. The molecule has 1 heterocycles. The van der Waals surface area contributed by atoms with E-state index < -0.39 is 11.7 Å². The van der Waals surface area contributed by atoms with E-state index in [0.29, 0.717) is 11.5 Å². The molecule has 0 N–H and O–H groups in total. The van der Waals surface area contributed by atoms with Crippen molar-refractivity contribution in [1.29, 1.82) is 0 Å². The highest BCUT2D eigenvalue weighted by Gasteiger charge is 2.64. The average molecular weight is 322 g/mol. The minimum absolute atomic E-state index is 0.109. The fourth-order valence-electron chi connectivity index (χ4n) is 2.80. The second kappa shape index (κ2) is 6.79. The molecule has 0 spiro atoms. The third-order valence-corrected chi connectivity index (χ3v) is 4.44. The molecule has 0 aliphatic carbocycles. The maximum Gasteiger partial charge on any atom is 0.339 e. The highest BCUT2D eigenvalue weighted by Crippen LogP contribution is 2.53. The van der Waals surface area contributed by atoms with Crippen LogP contribution in [0.5, 0.6) is 11.5 Å². The highest BCUT2D eigenvalue weighted by molar-refractivity contribution is 5.80. The Morgan fingerprint density at radius 3 is 2.39 bits per heavy atom. The van der Waals surface area contributed by atoms with Gasteiger partial charge in [-0.1, -0.05) is 26.8 Å². The smallest absolute Gasteiger partial charge is 0.339 e. The van der Waals surface area contributed by atoms with E-state index in [2.05, 4.69) is 0 Å². The van der Waals surface area contributed by atoms with Gasteiger partial charge in [0.25, 0.3) is 0 Å². The van der Waals surface area contributed by atoms with Crippen molar-refractivity contribution in [2.24, 2.45) is 5.92 Å². The minimum atomic E-state index is -0.663. The standard InChI is InChI=1S/C18H26O5/c1-7-12(4)22-17(19)16-18(23-16,11(2)3)13-8-9-14(20-5)15(10-13)21-6/h8-12,16H,7H2,1-6H3. The Hall–Kier alpha value is -1.75. The third kappa shape index (κ3) is 3.15. The number of esters is 1. The lowest BCUT2D eigenvalue weighted by molar-refractivity contribution is -0.149. The van der Waals surface area contributed by atoms with Gasteiger partial charge in [-0.15, -0.1) is 0 Å². The summed E-state index contributed by atoms with van der Waals surface area (Å²) >= 11 is 0. The molecule has 3 atom stereocenters. The average Bonchev–Trinajstić information content (AvgIpc) is 3.31. The van der Waals surface area contributed by atoms with E-state index in [1.165, 1.54) is 0 Å². The molecule has 128 valence electrons. The van der Waals surface area contributed by atoms with Crippen LogP contribution in [0.1, 0.15) is 39.7 Å². The van der Waals surface area contributed by atoms with Crippen LogP contribution in [0.4, 0.5) is 0 Å². The lowest BCUT2D eigenvalue weighted by Gasteiger charge is -2.19. The van der Waals surface area contributed by atoms with Crippen molar-refractivity contribution in [2.45, 2.75) is 51.9 Å². The Balaban J connectivity index is 2.29. The first-order valence-corrected chi connectivity index (χ1v) is 8.01. The molecule has 2 rings (SSSR count). The van der Waals surface area contributed by atoms with E-state index in [9.17, 15) is 4.79 Å². The fraction of sp³-hybridized carbons (Fsp3) is 0.611. The van der Waals surface area contributed by atoms with Gasteiger partial charge in [-0.05, 0) is 37.0 Å². The number of epoxide rings is 1. The zero-order valence-electron chi connectivity index (χ0n) is 14.7. The van der Waals surface area contributed by atoms with Gasteiger partial charge in [-0.3, -0.25) is 0 Å². The minimum Gasteiger partial charge on any atom is -0.493 e. The van der Waals surface area contributed by atoms with Crippen LogP contribution < -0.4 is 9.47 Å².